The first-order valence-electron chi connectivity index (χ1n) is 12.2. The van der Waals surface area contributed by atoms with Crippen molar-refractivity contribution in [3.8, 4) is 34.2 Å². The second-order valence-corrected chi connectivity index (χ2v) is 10.4. The molecular weight excluding hydrogens is 478 g/mol. The molecule has 1 atom stereocenters. The van der Waals surface area contributed by atoms with Gasteiger partial charge in [0, 0.05) is 23.4 Å². The number of hydrogen-bond donors (Lipinski definition) is 0. The van der Waals surface area contributed by atoms with Gasteiger partial charge in [0.25, 0.3) is 0 Å². The minimum absolute atomic E-state index is 0.0207. The zero-order valence-electron chi connectivity index (χ0n) is 21.1. The summed E-state index contributed by atoms with van der Waals surface area (Å²) in [5, 5.41) is 10.4. The van der Waals surface area contributed by atoms with E-state index in [1.54, 1.807) is 7.11 Å². The predicted octanol–water partition coefficient (Wildman–Crippen LogP) is 6.67. The number of carbonyl (C=O) groups is 1. The van der Waals surface area contributed by atoms with Crippen LogP contribution in [0.2, 0.25) is 0 Å². The molecule has 0 saturated heterocycles. The van der Waals surface area contributed by atoms with E-state index in [1.807, 2.05) is 91.5 Å². The standard InChI is InChI=1S/C31H27N3O2S/c1-20-8-10-22(11-9-20)26-18-28(23-12-14-25(36-3)15-13-23)33-30(27(26)19-32)37-21(2)31(35)34-17-16-24-6-4-5-7-29(24)34/h4-15,18,21H,16-17H2,1-3H3. The largest absolute Gasteiger partial charge is 0.497 e. The monoisotopic (exact) mass is 505 g/mol. The van der Waals surface area contributed by atoms with Gasteiger partial charge in [-0.2, -0.15) is 5.26 Å². The van der Waals surface area contributed by atoms with Gasteiger partial charge in [-0.3, -0.25) is 4.79 Å². The molecule has 4 aromatic rings. The van der Waals surface area contributed by atoms with Crippen LogP contribution in [0.15, 0.2) is 83.9 Å². The summed E-state index contributed by atoms with van der Waals surface area (Å²) in [5.74, 6) is 0.781. The lowest BCUT2D eigenvalue weighted by atomic mass is 9.98. The maximum Gasteiger partial charge on any atom is 0.240 e. The average Bonchev–Trinajstić information content (AvgIpc) is 3.37. The fourth-order valence-corrected chi connectivity index (χ4v) is 5.58. The van der Waals surface area contributed by atoms with E-state index < -0.39 is 5.25 Å². The van der Waals surface area contributed by atoms with Crippen molar-refractivity contribution in [3.63, 3.8) is 0 Å². The van der Waals surface area contributed by atoms with Crippen LogP contribution in [0.1, 0.15) is 23.6 Å². The third-order valence-corrected chi connectivity index (χ3v) is 7.71. The van der Waals surface area contributed by atoms with Crippen molar-refractivity contribution in [2.24, 2.45) is 0 Å². The molecule has 0 bridgehead atoms. The minimum Gasteiger partial charge on any atom is -0.497 e. The number of para-hydroxylation sites is 1. The molecule has 1 amide bonds. The lowest BCUT2D eigenvalue weighted by molar-refractivity contribution is -0.117. The Labute approximate surface area is 221 Å². The Morgan fingerprint density at radius 2 is 1.76 bits per heavy atom. The molecule has 3 aromatic carbocycles. The van der Waals surface area contributed by atoms with Gasteiger partial charge in [0.2, 0.25) is 5.91 Å². The van der Waals surface area contributed by atoms with Gasteiger partial charge in [0.15, 0.2) is 0 Å². The Morgan fingerprint density at radius 3 is 2.46 bits per heavy atom. The fourth-order valence-electron chi connectivity index (χ4n) is 4.59. The molecule has 0 N–H and O–H groups in total. The van der Waals surface area contributed by atoms with Crippen LogP contribution in [0.3, 0.4) is 0 Å². The third-order valence-electron chi connectivity index (χ3n) is 6.64. The zero-order chi connectivity index (χ0) is 25.9. The summed E-state index contributed by atoms with van der Waals surface area (Å²) < 4.78 is 5.31. The van der Waals surface area contributed by atoms with Gasteiger partial charge >= 0.3 is 0 Å². The molecule has 5 nitrogen and oxygen atoms in total. The molecule has 1 aromatic heterocycles. The van der Waals surface area contributed by atoms with Gasteiger partial charge < -0.3 is 9.64 Å². The smallest absolute Gasteiger partial charge is 0.240 e. The Kier molecular flexibility index (Phi) is 6.98. The SMILES string of the molecule is COc1ccc(-c2cc(-c3ccc(C)cc3)c(C#N)c(SC(C)C(=O)N3CCc4ccccc43)n2)cc1. The van der Waals surface area contributed by atoms with Crippen molar-refractivity contribution in [1.29, 1.82) is 5.26 Å². The lowest BCUT2D eigenvalue weighted by Crippen LogP contribution is -2.35. The summed E-state index contributed by atoms with van der Waals surface area (Å²) in [7, 11) is 1.64. The summed E-state index contributed by atoms with van der Waals surface area (Å²) in [6, 6.07) is 28.2. The van der Waals surface area contributed by atoms with Crippen LogP contribution in [-0.4, -0.2) is 29.8 Å². The van der Waals surface area contributed by atoms with Gasteiger partial charge in [-0.05, 0) is 67.8 Å². The Morgan fingerprint density at radius 1 is 1.05 bits per heavy atom. The maximum atomic E-state index is 13.5. The van der Waals surface area contributed by atoms with E-state index >= 15 is 0 Å². The molecule has 184 valence electrons. The van der Waals surface area contributed by atoms with Gasteiger partial charge in [-0.1, -0.05) is 59.8 Å². The highest BCUT2D eigenvalue weighted by Crippen LogP contribution is 2.37. The number of benzene rings is 3. The van der Waals surface area contributed by atoms with Crippen molar-refractivity contribution >= 4 is 23.4 Å². The number of thioether (sulfide) groups is 1. The van der Waals surface area contributed by atoms with E-state index in [2.05, 4.69) is 12.1 Å². The Hall–Kier alpha value is -4.08. The van der Waals surface area contributed by atoms with Gasteiger partial charge in [0.05, 0.1) is 23.6 Å². The molecule has 0 saturated carbocycles. The average molecular weight is 506 g/mol. The number of hydrogen-bond acceptors (Lipinski definition) is 5. The number of pyridine rings is 1. The molecular formula is C31H27N3O2S. The molecule has 37 heavy (non-hydrogen) atoms. The van der Waals surface area contributed by atoms with E-state index in [4.69, 9.17) is 9.72 Å². The number of amides is 1. The molecule has 2 heterocycles. The summed E-state index contributed by atoms with van der Waals surface area (Å²) in [6.07, 6.45) is 0.853. The molecule has 1 aliphatic heterocycles. The molecule has 6 heteroatoms. The van der Waals surface area contributed by atoms with Crippen molar-refractivity contribution in [3.05, 3.63) is 95.6 Å². The summed E-state index contributed by atoms with van der Waals surface area (Å²) >= 11 is 1.34. The molecule has 0 aliphatic carbocycles. The third kappa shape index (κ3) is 4.96. The highest BCUT2D eigenvalue weighted by molar-refractivity contribution is 8.00. The first kappa shape index (κ1) is 24.6. The number of aromatic nitrogens is 1. The second kappa shape index (κ2) is 10.5. The number of rotatable bonds is 6. The fraction of sp³-hybridized carbons (Fsp3) is 0.194. The van der Waals surface area contributed by atoms with Gasteiger partial charge in [-0.25, -0.2) is 4.98 Å². The molecule has 1 unspecified atom stereocenters. The number of ether oxygens (including phenoxy) is 1. The van der Waals surface area contributed by atoms with Crippen LogP contribution >= 0.6 is 11.8 Å². The predicted molar refractivity (Wildman–Crippen MR) is 149 cm³/mol. The molecule has 5 rings (SSSR count). The van der Waals surface area contributed by atoms with E-state index in [0.717, 1.165) is 45.8 Å². The number of anilines is 1. The number of aryl methyl sites for hydroxylation is 1. The topological polar surface area (TPSA) is 66.2 Å². The van der Waals surface area contributed by atoms with Crippen molar-refractivity contribution in [2.45, 2.75) is 30.5 Å². The zero-order valence-corrected chi connectivity index (χ0v) is 21.9. The van der Waals surface area contributed by atoms with Crippen molar-refractivity contribution in [2.75, 3.05) is 18.6 Å². The van der Waals surface area contributed by atoms with Crippen LogP contribution in [0.4, 0.5) is 5.69 Å². The molecule has 0 fully saturated rings. The van der Waals surface area contributed by atoms with E-state index in [-0.39, 0.29) is 5.91 Å². The van der Waals surface area contributed by atoms with E-state index in [9.17, 15) is 10.1 Å². The first-order valence-corrected chi connectivity index (χ1v) is 13.1. The lowest BCUT2D eigenvalue weighted by Gasteiger charge is -2.22. The molecule has 1 aliphatic rings. The second-order valence-electron chi connectivity index (χ2n) is 9.07. The maximum absolute atomic E-state index is 13.5. The number of nitriles is 1. The van der Waals surface area contributed by atoms with Crippen LogP contribution in [-0.2, 0) is 11.2 Å². The minimum atomic E-state index is -0.414. The quantitative estimate of drug-likeness (QED) is 0.274. The Bertz CT molecular complexity index is 1490. The summed E-state index contributed by atoms with van der Waals surface area (Å²) in [4.78, 5) is 20.3. The molecule has 0 radical (unpaired) electrons. The van der Waals surface area contributed by atoms with Crippen molar-refractivity contribution < 1.29 is 9.53 Å². The number of methoxy groups -OCH3 is 1. The van der Waals surface area contributed by atoms with Crippen LogP contribution in [0.25, 0.3) is 22.4 Å². The normalized spacial score (nSPS) is 13.1. The van der Waals surface area contributed by atoms with Crippen LogP contribution in [0.5, 0.6) is 5.75 Å². The van der Waals surface area contributed by atoms with Crippen molar-refractivity contribution in [1.82, 2.24) is 4.98 Å². The van der Waals surface area contributed by atoms with Gasteiger partial charge in [0.1, 0.15) is 16.8 Å². The van der Waals surface area contributed by atoms with Crippen LogP contribution in [0, 0.1) is 18.3 Å². The first-order chi connectivity index (χ1) is 18.0. The molecule has 0 spiro atoms. The highest BCUT2D eigenvalue weighted by Gasteiger charge is 2.29. The summed E-state index contributed by atoms with van der Waals surface area (Å²) in [6.45, 7) is 4.60. The number of nitrogens with zero attached hydrogens (tertiary/aromatic N) is 3. The summed E-state index contributed by atoms with van der Waals surface area (Å²) in [5.41, 5.74) is 7.18. The van der Waals surface area contributed by atoms with Crippen LogP contribution < -0.4 is 9.64 Å². The van der Waals surface area contributed by atoms with Gasteiger partial charge in [-0.15, -0.1) is 0 Å². The van der Waals surface area contributed by atoms with E-state index in [1.165, 1.54) is 17.3 Å². The van der Waals surface area contributed by atoms with E-state index in [0.29, 0.717) is 17.1 Å². The highest BCUT2D eigenvalue weighted by atomic mass is 32.2. The number of carbonyl (C=O) groups excluding carboxylic acids is 1. The number of fused-ring (bicyclic) bond motifs is 1. The Balaban J connectivity index is 1.55.